The van der Waals surface area contributed by atoms with Crippen LogP contribution in [0.2, 0.25) is 0 Å². The average Bonchev–Trinajstić information content (AvgIpc) is 2.50. The van der Waals surface area contributed by atoms with Crippen LogP contribution in [0, 0.1) is 11.7 Å². The Balaban J connectivity index is 1.96. The topological polar surface area (TPSA) is 77.8 Å². The van der Waals surface area contributed by atoms with Gasteiger partial charge < -0.3 is 10.3 Å². The molecule has 0 saturated carbocycles. The number of benzene rings is 2. The second kappa shape index (κ2) is 6.10. The minimum atomic E-state index is -0.278. The lowest BCUT2D eigenvalue weighted by Gasteiger charge is -2.08. The predicted molar refractivity (Wildman–Crippen MR) is 96.6 cm³/mol. The Morgan fingerprint density at radius 2 is 1.96 bits per heavy atom. The van der Waals surface area contributed by atoms with E-state index in [0.29, 0.717) is 22.2 Å². The second-order valence-electron chi connectivity index (χ2n) is 5.09. The molecule has 0 radical (unpaired) electrons. The molecule has 2 aromatic carbocycles. The number of fused-ring (bicyclic) bond motifs is 1. The van der Waals surface area contributed by atoms with E-state index in [1.165, 1.54) is 0 Å². The molecule has 3 aromatic rings. The standard InChI is InChI=1S/C16H12BrN3O2S/c1-8-6-10(3-5-12(8)17)18-14(21)9-2-4-11-13(7-9)19-16(23)20-15(11)22/h2-7H,1H3,(H,18,21)(H2,19,20,22,23). The highest BCUT2D eigenvalue weighted by atomic mass is 79.9. The van der Waals surface area contributed by atoms with E-state index in [2.05, 4.69) is 31.2 Å². The number of H-pyrrole nitrogens is 2. The zero-order chi connectivity index (χ0) is 16.6. The quantitative estimate of drug-likeness (QED) is 0.581. The number of hydrogen-bond donors (Lipinski definition) is 3. The summed E-state index contributed by atoms with van der Waals surface area (Å²) in [6.45, 7) is 1.95. The van der Waals surface area contributed by atoms with Crippen LogP contribution < -0.4 is 10.9 Å². The van der Waals surface area contributed by atoms with E-state index in [0.717, 1.165) is 10.0 Å². The minimum absolute atomic E-state index is 0.226. The van der Waals surface area contributed by atoms with Crippen molar-refractivity contribution in [3.63, 3.8) is 0 Å². The summed E-state index contributed by atoms with van der Waals surface area (Å²) in [7, 11) is 0. The molecule has 116 valence electrons. The molecule has 0 aliphatic carbocycles. The fourth-order valence-electron chi connectivity index (χ4n) is 2.24. The largest absolute Gasteiger partial charge is 0.332 e. The first-order valence-corrected chi connectivity index (χ1v) is 7.98. The summed E-state index contributed by atoms with van der Waals surface area (Å²) in [6, 6.07) is 10.4. The third kappa shape index (κ3) is 3.25. The third-order valence-corrected chi connectivity index (χ3v) is 4.51. The van der Waals surface area contributed by atoms with E-state index in [9.17, 15) is 9.59 Å². The maximum Gasteiger partial charge on any atom is 0.259 e. The van der Waals surface area contributed by atoms with Crippen LogP contribution in [0.15, 0.2) is 45.7 Å². The van der Waals surface area contributed by atoms with Gasteiger partial charge in [-0.15, -0.1) is 0 Å². The molecule has 0 saturated heterocycles. The SMILES string of the molecule is Cc1cc(NC(=O)c2ccc3c(=O)[nH]c(=S)[nH]c3c2)ccc1Br. The summed E-state index contributed by atoms with van der Waals surface area (Å²) < 4.78 is 1.21. The van der Waals surface area contributed by atoms with E-state index in [1.54, 1.807) is 18.2 Å². The highest BCUT2D eigenvalue weighted by Crippen LogP contribution is 2.20. The Hall–Kier alpha value is -2.25. The van der Waals surface area contributed by atoms with Crippen molar-refractivity contribution < 1.29 is 4.79 Å². The molecule has 0 unspecified atom stereocenters. The van der Waals surface area contributed by atoms with Gasteiger partial charge in [-0.1, -0.05) is 15.9 Å². The first-order valence-electron chi connectivity index (χ1n) is 6.78. The van der Waals surface area contributed by atoms with Crippen LogP contribution >= 0.6 is 28.1 Å². The van der Waals surface area contributed by atoms with Gasteiger partial charge in [0.05, 0.1) is 10.9 Å². The summed E-state index contributed by atoms with van der Waals surface area (Å²) in [5, 5.41) is 3.29. The zero-order valence-corrected chi connectivity index (χ0v) is 14.5. The fourth-order valence-corrected chi connectivity index (χ4v) is 2.69. The molecule has 3 rings (SSSR count). The molecular formula is C16H12BrN3O2S. The molecule has 0 aliphatic rings. The van der Waals surface area contributed by atoms with Crippen molar-refractivity contribution >= 4 is 50.6 Å². The number of carbonyl (C=O) groups is 1. The molecule has 0 bridgehead atoms. The van der Waals surface area contributed by atoms with Crippen molar-refractivity contribution in [2.45, 2.75) is 6.92 Å². The van der Waals surface area contributed by atoms with Crippen molar-refractivity contribution in [2.24, 2.45) is 0 Å². The molecule has 23 heavy (non-hydrogen) atoms. The summed E-state index contributed by atoms with van der Waals surface area (Å²) in [6.07, 6.45) is 0. The highest BCUT2D eigenvalue weighted by molar-refractivity contribution is 9.10. The van der Waals surface area contributed by atoms with E-state index >= 15 is 0 Å². The van der Waals surface area contributed by atoms with Crippen LogP contribution in [0.4, 0.5) is 5.69 Å². The van der Waals surface area contributed by atoms with Gasteiger partial charge in [0, 0.05) is 15.7 Å². The van der Waals surface area contributed by atoms with Crippen LogP contribution in [0.3, 0.4) is 0 Å². The number of nitrogens with one attached hydrogen (secondary N) is 3. The number of hydrogen-bond acceptors (Lipinski definition) is 3. The van der Waals surface area contributed by atoms with Crippen LogP contribution in [0.1, 0.15) is 15.9 Å². The van der Waals surface area contributed by atoms with Gasteiger partial charge in [0.2, 0.25) is 0 Å². The van der Waals surface area contributed by atoms with Gasteiger partial charge >= 0.3 is 0 Å². The second-order valence-corrected chi connectivity index (χ2v) is 6.35. The number of aryl methyl sites for hydroxylation is 1. The van der Waals surface area contributed by atoms with Crippen molar-refractivity contribution in [3.8, 4) is 0 Å². The Labute approximate surface area is 144 Å². The molecule has 0 fully saturated rings. The predicted octanol–water partition coefficient (Wildman–Crippen LogP) is 3.91. The van der Waals surface area contributed by atoms with Gasteiger partial charge in [0.15, 0.2) is 4.77 Å². The Bertz CT molecular complexity index is 1040. The monoisotopic (exact) mass is 389 g/mol. The maximum absolute atomic E-state index is 12.4. The number of anilines is 1. The van der Waals surface area contributed by atoms with Crippen LogP contribution in [-0.4, -0.2) is 15.9 Å². The number of amides is 1. The molecule has 1 amide bonds. The van der Waals surface area contributed by atoms with Crippen molar-refractivity contribution in [1.82, 2.24) is 9.97 Å². The van der Waals surface area contributed by atoms with Crippen LogP contribution in [0.5, 0.6) is 0 Å². The number of rotatable bonds is 2. The Morgan fingerprint density at radius 1 is 1.17 bits per heavy atom. The summed E-state index contributed by atoms with van der Waals surface area (Å²) in [4.78, 5) is 29.6. The van der Waals surface area contributed by atoms with Gasteiger partial charge in [-0.05, 0) is 61.1 Å². The van der Waals surface area contributed by atoms with Gasteiger partial charge in [0.25, 0.3) is 11.5 Å². The fraction of sp³-hybridized carbons (Fsp3) is 0.0625. The highest BCUT2D eigenvalue weighted by Gasteiger charge is 2.09. The first-order chi connectivity index (χ1) is 10.9. The van der Waals surface area contributed by atoms with E-state index in [-0.39, 0.29) is 16.2 Å². The lowest BCUT2D eigenvalue weighted by molar-refractivity contribution is 0.102. The summed E-state index contributed by atoms with van der Waals surface area (Å²) in [5.74, 6) is -0.256. The summed E-state index contributed by atoms with van der Waals surface area (Å²) >= 11 is 8.37. The van der Waals surface area contributed by atoms with E-state index in [4.69, 9.17) is 12.2 Å². The summed E-state index contributed by atoms with van der Waals surface area (Å²) in [5.41, 5.74) is 2.42. The molecule has 0 spiro atoms. The van der Waals surface area contributed by atoms with Gasteiger partial charge in [-0.3, -0.25) is 14.6 Å². The van der Waals surface area contributed by atoms with Crippen molar-refractivity contribution in [3.05, 3.63) is 67.1 Å². The zero-order valence-electron chi connectivity index (χ0n) is 12.1. The van der Waals surface area contributed by atoms with Gasteiger partial charge in [-0.25, -0.2) is 0 Å². The van der Waals surface area contributed by atoms with Gasteiger partial charge in [0.1, 0.15) is 0 Å². The molecule has 3 N–H and O–H groups in total. The van der Waals surface area contributed by atoms with Gasteiger partial charge in [-0.2, -0.15) is 0 Å². The molecular weight excluding hydrogens is 378 g/mol. The molecule has 0 aliphatic heterocycles. The van der Waals surface area contributed by atoms with E-state index < -0.39 is 0 Å². The number of aromatic amines is 2. The minimum Gasteiger partial charge on any atom is -0.332 e. The Morgan fingerprint density at radius 3 is 2.70 bits per heavy atom. The van der Waals surface area contributed by atoms with Crippen LogP contribution in [-0.2, 0) is 0 Å². The number of carbonyl (C=O) groups excluding carboxylic acids is 1. The number of aromatic nitrogens is 2. The lowest BCUT2D eigenvalue weighted by atomic mass is 10.1. The average molecular weight is 390 g/mol. The Kier molecular flexibility index (Phi) is 4.14. The normalized spacial score (nSPS) is 10.7. The molecule has 1 heterocycles. The van der Waals surface area contributed by atoms with E-state index in [1.807, 2.05) is 25.1 Å². The number of halogens is 1. The van der Waals surface area contributed by atoms with Crippen molar-refractivity contribution in [2.75, 3.05) is 5.32 Å². The smallest absolute Gasteiger partial charge is 0.259 e. The molecule has 0 atom stereocenters. The first kappa shape index (κ1) is 15.6. The van der Waals surface area contributed by atoms with Crippen molar-refractivity contribution in [1.29, 1.82) is 0 Å². The maximum atomic E-state index is 12.4. The van der Waals surface area contributed by atoms with Crippen LogP contribution in [0.25, 0.3) is 10.9 Å². The molecule has 7 heteroatoms. The lowest BCUT2D eigenvalue weighted by Crippen LogP contribution is -2.13. The molecule has 5 nitrogen and oxygen atoms in total. The molecule has 1 aromatic heterocycles. The third-order valence-electron chi connectivity index (χ3n) is 3.42.